The van der Waals surface area contributed by atoms with Gasteiger partial charge in [0.2, 0.25) is 0 Å². The van der Waals surface area contributed by atoms with Crippen molar-refractivity contribution in [3.05, 3.63) is 125 Å². The van der Waals surface area contributed by atoms with Crippen molar-refractivity contribution in [2.75, 3.05) is 18.9 Å². The minimum absolute atomic E-state index is 0. The Hall–Kier alpha value is -3.46. The number of benzene rings is 4. The van der Waals surface area contributed by atoms with Crippen LogP contribution in [-0.2, 0) is 17.8 Å². The molecule has 1 amide bonds. The number of ether oxygens (including phenoxy) is 1. The second kappa shape index (κ2) is 14.3. The van der Waals surface area contributed by atoms with Crippen molar-refractivity contribution in [3.8, 4) is 16.9 Å². The third-order valence-corrected chi connectivity index (χ3v) is 8.60. The maximum atomic E-state index is 13.7. The molecule has 4 aromatic carbocycles. The molecule has 43 heavy (non-hydrogen) atoms. The van der Waals surface area contributed by atoms with E-state index in [4.69, 9.17) is 10.5 Å². The molecule has 4 aromatic rings. The molecule has 2 heterocycles. The van der Waals surface area contributed by atoms with Gasteiger partial charge < -0.3 is 20.7 Å². The van der Waals surface area contributed by atoms with Crippen LogP contribution in [0.4, 0.5) is 5.69 Å². The molecule has 2 aliphatic heterocycles. The summed E-state index contributed by atoms with van der Waals surface area (Å²) in [7, 11) is 2.23. The van der Waals surface area contributed by atoms with Crippen molar-refractivity contribution in [2.24, 2.45) is 5.73 Å². The monoisotopic (exact) mass is 685 g/mol. The Kier molecular flexibility index (Phi) is 10.3. The number of hydrogen-bond acceptors (Lipinski definition) is 4. The van der Waals surface area contributed by atoms with Crippen molar-refractivity contribution >= 4 is 41.6 Å². The van der Waals surface area contributed by atoms with Crippen LogP contribution in [0.3, 0.4) is 0 Å². The predicted octanol–water partition coefficient (Wildman–Crippen LogP) is 8.00. The van der Waals surface area contributed by atoms with E-state index in [2.05, 4.69) is 77.9 Å². The second-order valence-corrected chi connectivity index (χ2v) is 11.5. The normalized spacial score (nSPS) is 18.3. The Morgan fingerprint density at radius 1 is 0.907 bits per heavy atom. The topological polar surface area (TPSA) is 67.6 Å². The second-order valence-electron chi connectivity index (χ2n) is 11.5. The first kappa shape index (κ1) is 31.0. The van der Waals surface area contributed by atoms with Crippen LogP contribution in [0, 0.1) is 0 Å². The summed E-state index contributed by atoms with van der Waals surface area (Å²) in [4.78, 5) is 16.2. The van der Waals surface area contributed by atoms with E-state index in [1.165, 1.54) is 31.4 Å². The Balaban J connectivity index is 0.00000368. The molecule has 6 heteroatoms. The molecular formula is C37H40IN3O2. The Bertz CT molecular complexity index is 1550. The van der Waals surface area contributed by atoms with Gasteiger partial charge in [-0.15, -0.1) is 24.0 Å². The number of anilines is 1. The fourth-order valence-corrected chi connectivity index (χ4v) is 6.04. The van der Waals surface area contributed by atoms with Crippen LogP contribution in [0.2, 0.25) is 0 Å². The lowest BCUT2D eigenvalue weighted by molar-refractivity contribution is -0.113. The van der Waals surface area contributed by atoms with Crippen LogP contribution >= 0.6 is 24.0 Å². The highest BCUT2D eigenvalue weighted by Crippen LogP contribution is 2.38. The first-order valence-electron chi connectivity index (χ1n) is 15.0. The molecule has 0 aromatic heterocycles. The number of likely N-dealkylation sites (tertiary alicyclic amines) is 1. The summed E-state index contributed by atoms with van der Waals surface area (Å²) in [5, 5.41) is 3.16. The average Bonchev–Trinajstić information content (AvgIpc) is 3.23. The molecule has 0 aliphatic carbocycles. The number of nitrogens with two attached hydrogens (primary N) is 1. The number of amides is 1. The van der Waals surface area contributed by atoms with Crippen LogP contribution in [0.1, 0.15) is 54.0 Å². The van der Waals surface area contributed by atoms with Crippen molar-refractivity contribution in [3.63, 3.8) is 0 Å². The summed E-state index contributed by atoms with van der Waals surface area (Å²) in [6.07, 6.45) is 7.06. The van der Waals surface area contributed by atoms with Crippen molar-refractivity contribution in [1.29, 1.82) is 0 Å². The third kappa shape index (κ3) is 7.55. The van der Waals surface area contributed by atoms with E-state index in [-0.39, 0.29) is 36.0 Å². The highest BCUT2D eigenvalue weighted by atomic mass is 127. The quantitative estimate of drug-likeness (QED) is 0.194. The number of fused-ring (bicyclic) bond motifs is 1. The standard InChI is InChI=1S/C37H39N3O2.HI/c1-40-20-6-5-9-34(40)21-26-12-17-33(18-13-26)39-37(41)32-23-31-22-30(28-14-10-27(25-38)11-15-28)16-19-35(31)42-36(24-32)29-7-3-2-4-8-29;/h2-4,7-8,10-19,22-23,34,36H,5-6,9,20-21,24-25,38H2,1H3,(H,39,41);1H. The van der Waals surface area contributed by atoms with Gasteiger partial charge in [-0.2, -0.15) is 0 Å². The molecule has 6 rings (SSSR count). The van der Waals surface area contributed by atoms with E-state index in [0.717, 1.165) is 45.7 Å². The molecule has 1 saturated heterocycles. The van der Waals surface area contributed by atoms with Gasteiger partial charge in [0.05, 0.1) is 0 Å². The first-order chi connectivity index (χ1) is 20.6. The summed E-state index contributed by atoms with van der Waals surface area (Å²) in [6.45, 7) is 1.69. The van der Waals surface area contributed by atoms with E-state index in [1.807, 2.05) is 42.5 Å². The molecule has 2 aliphatic rings. The van der Waals surface area contributed by atoms with Crippen LogP contribution < -0.4 is 15.8 Å². The molecule has 0 saturated carbocycles. The van der Waals surface area contributed by atoms with Gasteiger partial charge in [-0.3, -0.25) is 4.79 Å². The summed E-state index contributed by atoms with van der Waals surface area (Å²) >= 11 is 0. The highest BCUT2D eigenvalue weighted by Gasteiger charge is 2.25. The predicted molar refractivity (Wildman–Crippen MR) is 187 cm³/mol. The number of hydrogen-bond donors (Lipinski definition) is 2. The zero-order valence-corrected chi connectivity index (χ0v) is 27.0. The van der Waals surface area contributed by atoms with Crippen LogP contribution in [0.15, 0.2) is 103 Å². The lowest BCUT2D eigenvalue weighted by atomic mass is 9.96. The SMILES string of the molecule is CN1CCCCC1Cc1ccc(NC(=O)C2=Cc3cc(-c4ccc(CN)cc4)ccc3OC(c3ccccc3)C2)cc1.I. The zero-order chi connectivity index (χ0) is 28.9. The number of halogens is 1. The summed E-state index contributed by atoms with van der Waals surface area (Å²) in [5.41, 5.74) is 13.8. The molecule has 2 atom stereocenters. The molecule has 0 radical (unpaired) electrons. The van der Waals surface area contributed by atoms with Gasteiger partial charge in [-0.25, -0.2) is 0 Å². The molecule has 0 spiro atoms. The van der Waals surface area contributed by atoms with Crippen molar-refractivity contribution in [1.82, 2.24) is 4.90 Å². The highest BCUT2D eigenvalue weighted by molar-refractivity contribution is 14.0. The van der Waals surface area contributed by atoms with E-state index in [0.29, 0.717) is 24.6 Å². The number of nitrogens with one attached hydrogen (secondary N) is 1. The number of carbonyl (C=O) groups is 1. The van der Waals surface area contributed by atoms with E-state index in [9.17, 15) is 4.79 Å². The smallest absolute Gasteiger partial charge is 0.251 e. The molecule has 5 nitrogen and oxygen atoms in total. The number of nitrogens with zero attached hydrogens (tertiary/aromatic N) is 1. The van der Waals surface area contributed by atoms with Gasteiger partial charge >= 0.3 is 0 Å². The van der Waals surface area contributed by atoms with Crippen LogP contribution in [0.25, 0.3) is 17.2 Å². The number of carbonyl (C=O) groups excluding carboxylic acids is 1. The van der Waals surface area contributed by atoms with Gasteiger partial charge in [0.25, 0.3) is 5.91 Å². The summed E-state index contributed by atoms with van der Waals surface area (Å²) < 4.78 is 6.54. The Labute approximate surface area is 272 Å². The lowest BCUT2D eigenvalue weighted by Gasteiger charge is -2.32. The van der Waals surface area contributed by atoms with Gasteiger partial charge in [0.1, 0.15) is 11.9 Å². The van der Waals surface area contributed by atoms with Crippen molar-refractivity contribution < 1.29 is 9.53 Å². The van der Waals surface area contributed by atoms with Crippen molar-refractivity contribution in [2.45, 2.75) is 50.8 Å². The van der Waals surface area contributed by atoms with Gasteiger partial charge in [0, 0.05) is 35.8 Å². The molecule has 0 bridgehead atoms. The van der Waals surface area contributed by atoms with E-state index < -0.39 is 0 Å². The minimum atomic E-state index is -0.269. The van der Waals surface area contributed by atoms with Gasteiger partial charge in [-0.1, -0.05) is 79.2 Å². The zero-order valence-electron chi connectivity index (χ0n) is 24.7. The Morgan fingerprint density at radius 3 is 2.35 bits per heavy atom. The third-order valence-electron chi connectivity index (χ3n) is 8.60. The van der Waals surface area contributed by atoms with Crippen LogP contribution in [-0.4, -0.2) is 30.4 Å². The van der Waals surface area contributed by atoms with Gasteiger partial charge in [0.15, 0.2) is 0 Å². The summed E-state index contributed by atoms with van der Waals surface area (Å²) in [5.74, 6) is 0.663. The van der Waals surface area contributed by atoms with E-state index >= 15 is 0 Å². The average molecular weight is 686 g/mol. The maximum Gasteiger partial charge on any atom is 0.251 e. The van der Waals surface area contributed by atoms with Gasteiger partial charge in [-0.05, 0) is 91.0 Å². The number of likely N-dealkylation sites (N-methyl/N-ethyl adjacent to an activating group) is 1. The molecular weight excluding hydrogens is 645 g/mol. The molecule has 2 unspecified atom stereocenters. The molecule has 222 valence electrons. The van der Waals surface area contributed by atoms with E-state index in [1.54, 1.807) is 0 Å². The molecule has 1 fully saturated rings. The minimum Gasteiger partial charge on any atom is -0.485 e. The summed E-state index contributed by atoms with van der Waals surface area (Å²) in [6, 6.07) is 33.5. The fraction of sp³-hybridized carbons (Fsp3) is 0.270. The molecule has 3 N–H and O–H groups in total. The van der Waals surface area contributed by atoms with Crippen LogP contribution in [0.5, 0.6) is 5.75 Å². The number of rotatable bonds is 7. The first-order valence-corrected chi connectivity index (χ1v) is 15.0. The maximum absolute atomic E-state index is 13.7. The fourth-order valence-electron chi connectivity index (χ4n) is 6.04. The Morgan fingerprint density at radius 2 is 1.63 bits per heavy atom. The number of piperidine rings is 1. The lowest BCUT2D eigenvalue weighted by Crippen LogP contribution is -2.37. The largest absolute Gasteiger partial charge is 0.485 e.